The summed E-state index contributed by atoms with van der Waals surface area (Å²) >= 11 is 0. The van der Waals surface area contributed by atoms with Crippen LogP contribution in [-0.4, -0.2) is 10.8 Å². The van der Waals surface area contributed by atoms with Crippen LogP contribution in [0.1, 0.15) is 28.5 Å². The largest absolute Gasteiger partial charge is 0.293 e. The van der Waals surface area contributed by atoms with E-state index in [1.807, 2.05) is 24.3 Å². The first kappa shape index (κ1) is 9.28. The molecule has 0 unspecified atom stereocenters. The van der Waals surface area contributed by atoms with Crippen LogP contribution in [-0.2, 0) is 6.42 Å². The van der Waals surface area contributed by atoms with Crippen molar-refractivity contribution >= 4 is 5.78 Å². The van der Waals surface area contributed by atoms with Gasteiger partial charge in [-0.05, 0) is 17.2 Å². The Morgan fingerprint density at radius 3 is 2.75 bits per heavy atom. The van der Waals surface area contributed by atoms with Crippen LogP contribution < -0.4 is 0 Å². The van der Waals surface area contributed by atoms with Crippen molar-refractivity contribution < 1.29 is 4.79 Å². The van der Waals surface area contributed by atoms with Gasteiger partial charge >= 0.3 is 0 Å². The lowest BCUT2D eigenvalue weighted by Crippen LogP contribution is -1.98. The number of rotatable bonds is 1. The fraction of sp³-hybridized carbons (Fsp3) is 0.143. The van der Waals surface area contributed by atoms with Crippen LogP contribution in [0.5, 0.6) is 0 Å². The maximum absolute atomic E-state index is 11.3. The van der Waals surface area contributed by atoms with E-state index in [-0.39, 0.29) is 5.78 Å². The van der Waals surface area contributed by atoms with Gasteiger partial charge in [-0.15, -0.1) is 0 Å². The number of aromatic nitrogens is 1. The summed E-state index contributed by atoms with van der Waals surface area (Å²) in [4.78, 5) is 15.7. The molecule has 0 amide bonds. The van der Waals surface area contributed by atoms with Gasteiger partial charge in [0.1, 0.15) is 5.69 Å². The van der Waals surface area contributed by atoms with Crippen molar-refractivity contribution in [1.29, 1.82) is 0 Å². The predicted molar refractivity (Wildman–Crippen MR) is 62.5 cm³/mol. The first-order valence-corrected chi connectivity index (χ1v) is 5.35. The van der Waals surface area contributed by atoms with Crippen molar-refractivity contribution in [2.24, 2.45) is 0 Å². The second kappa shape index (κ2) is 3.27. The second-order valence-electron chi connectivity index (χ2n) is 4.09. The molecule has 2 aromatic rings. The molecule has 1 aromatic heterocycles. The van der Waals surface area contributed by atoms with Crippen molar-refractivity contribution in [2.45, 2.75) is 13.3 Å². The SMILES string of the molecule is CC(=O)c1ccc2c(n1)-c1ccccc1C2. The maximum Gasteiger partial charge on any atom is 0.178 e. The Morgan fingerprint density at radius 2 is 1.94 bits per heavy atom. The van der Waals surface area contributed by atoms with Gasteiger partial charge in [-0.1, -0.05) is 30.3 Å². The lowest BCUT2D eigenvalue weighted by atomic mass is 10.1. The number of carbonyl (C=O) groups is 1. The van der Waals surface area contributed by atoms with Gasteiger partial charge in [0, 0.05) is 18.9 Å². The number of hydrogen-bond donors (Lipinski definition) is 0. The highest BCUT2D eigenvalue weighted by molar-refractivity contribution is 5.93. The molecule has 0 spiro atoms. The zero-order chi connectivity index (χ0) is 11.1. The highest BCUT2D eigenvalue weighted by Gasteiger charge is 2.19. The second-order valence-corrected chi connectivity index (χ2v) is 4.09. The van der Waals surface area contributed by atoms with E-state index in [0.29, 0.717) is 5.69 Å². The Labute approximate surface area is 94.0 Å². The number of Topliss-reactive ketones (excluding diaryl/α,β-unsaturated/α-hetero) is 1. The molecule has 0 saturated carbocycles. The highest BCUT2D eigenvalue weighted by atomic mass is 16.1. The van der Waals surface area contributed by atoms with Gasteiger partial charge in [0.05, 0.1) is 5.69 Å². The first-order valence-electron chi connectivity index (χ1n) is 5.35. The van der Waals surface area contributed by atoms with E-state index < -0.39 is 0 Å². The quantitative estimate of drug-likeness (QED) is 0.577. The zero-order valence-electron chi connectivity index (χ0n) is 9.03. The average molecular weight is 209 g/mol. The molecule has 16 heavy (non-hydrogen) atoms. The summed E-state index contributed by atoms with van der Waals surface area (Å²) in [5, 5.41) is 0. The molecule has 1 aliphatic rings. The molecule has 0 aliphatic heterocycles. The van der Waals surface area contributed by atoms with Crippen LogP contribution in [0.3, 0.4) is 0 Å². The molecule has 0 saturated heterocycles. The van der Waals surface area contributed by atoms with E-state index in [2.05, 4.69) is 17.1 Å². The van der Waals surface area contributed by atoms with Crippen LogP contribution in [0.25, 0.3) is 11.3 Å². The van der Waals surface area contributed by atoms with Gasteiger partial charge in [-0.2, -0.15) is 0 Å². The minimum atomic E-state index is 0.0205. The van der Waals surface area contributed by atoms with Crippen LogP contribution in [0.4, 0.5) is 0 Å². The summed E-state index contributed by atoms with van der Waals surface area (Å²) in [7, 11) is 0. The van der Waals surface area contributed by atoms with Crippen LogP contribution in [0.15, 0.2) is 36.4 Å². The van der Waals surface area contributed by atoms with E-state index in [4.69, 9.17) is 0 Å². The lowest BCUT2D eigenvalue weighted by Gasteiger charge is -2.01. The molecule has 0 atom stereocenters. The summed E-state index contributed by atoms with van der Waals surface area (Å²) < 4.78 is 0. The van der Waals surface area contributed by atoms with Gasteiger partial charge < -0.3 is 0 Å². The third kappa shape index (κ3) is 1.27. The number of hydrogen-bond acceptors (Lipinski definition) is 2. The standard InChI is InChI=1S/C14H11NO/c1-9(16)13-7-6-11-8-10-4-2-3-5-12(10)14(11)15-13/h2-7H,8H2,1H3. The molecule has 0 N–H and O–H groups in total. The van der Waals surface area contributed by atoms with Gasteiger partial charge in [-0.3, -0.25) is 4.79 Å². The number of fused-ring (bicyclic) bond motifs is 3. The normalized spacial score (nSPS) is 12.1. The van der Waals surface area contributed by atoms with E-state index in [9.17, 15) is 4.79 Å². The summed E-state index contributed by atoms with van der Waals surface area (Å²) in [6.07, 6.45) is 0.927. The number of pyridine rings is 1. The van der Waals surface area contributed by atoms with Crippen molar-refractivity contribution in [1.82, 2.24) is 4.98 Å². The molecule has 0 radical (unpaired) electrons. The van der Waals surface area contributed by atoms with Crippen molar-refractivity contribution in [2.75, 3.05) is 0 Å². The highest BCUT2D eigenvalue weighted by Crippen LogP contribution is 2.34. The molecule has 1 heterocycles. The maximum atomic E-state index is 11.3. The Hall–Kier alpha value is -1.96. The van der Waals surface area contributed by atoms with Crippen LogP contribution in [0.2, 0.25) is 0 Å². The fourth-order valence-corrected chi connectivity index (χ4v) is 2.17. The average Bonchev–Trinajstić information content (AvgIpc) is 2.66. The molecule has 2 heteroatoms. The Balaban J connectivity index is 2.22. The van der Waals surface area contributed by atoms with Crippen LogP contribution >= 0.6 is 0 Å². The Morgan fingerprint density at radius 1 is 1.12 bits per heavy atom. The van der Waals surface area contributed by atoms with E-state index in [1.165, 1.54) is 16.7 Å². The minimum absolute atomic E-state index is 0.0205. The third-order valence-electron chi connectivity index (χ3n) is 2.99. The zero-order valence-corrected chi connectivity index (χ0v) is 9.03. The summed E-state index contributed by atoms with van der Waals surface area (Å²) in [5.41, 5.74) is 5.20. The Bertz CT molecular complexity index is 587. The molecular formula is C14H11NO. The fourth-order valence-electron chi connectivity index (χ4n) is 2.17. The monoisotopic (exact) mass is 209 g/mol. The molecular weight excluding hydrogens is 198 g/mol. The molecule has 1 aliphatic carbocycles. The molecule has 78 valence electrons. The lowest BCUT2D eigenvalue weighted by molar-refractivity contribution is 0.101. The van der Waals surface area contributed by atoms with Gasteiger partial charge in [0.15, 0.2) is 5.78 Å². The van der Waals surface area contributed by atoms with Gasteiger partial charge in [0.2, 0.25) is 0 Å². The van der Waals surface area contributed by atoms with Gasteiger partial charge in [0.25, 0.3) is 0 Å². The first-order chi connectivity index (χ1) is 7.75. The summed E-state index contributed by atoms with van der Waals surface area (Å²) in [6, 6.07) is 12.1. The minimum Gasteiger partial charge on any atom is -0.293 e. The van der Waals surface area contributed by atoms with E-state index >= 15 is 0 Å². The smallest absolute Gasteiger partial charge is 0.178 e. The van der Waals surface area contributed by atoms with Gasteiger partial charge in [-0.25, -0.2) is 4.98 Å². The van der Waals surface area contributed by atoms with Crippen LogP contribution in [0, 0.1) is 0 Å². The van der Waals surface area contributed by atoms with E-state index in [1.54, 1.807) is 6.92 Å². The van der Waals surface area contributed by atoms with Crippen molar-refractivity contribution in [3.8, 4) is 11.3 Å². The number of carbonyl (C=O) groups excluding carboxylic acids is 1. The molecule has 3 rings (SSSR count). The predicted octanol–water partition coefficient (Wildman–Crippen LogP) is 2.86. The topological polar surface area (TPSA) is 30.0 Å². The summed E-state index contributed by atoms with van der Waals surface area (Å²) in [6.45, 7) is 1.55. The third-order valence-corrected chi connectivity index (χ3v) is 2.99. The number of ketones is 1. The molecule has 2 nitrogen and oxygen atoms in total. The van der Waals surface area contributed by atoms with Crippen molar-refractivity contribution in [3.05, 3.63) is 53.2 Å². The molecule has 0 fully saturated rings. The number of nitrogens with zero attached hydrogens (tertiary/aromatic N) is 1. The Kier molecular flexibility index (Phi) is 1.90. The summed E-state index contributed by atoms with van der Waals surface area (Å²) in [5.74, 6) is 0.0205. The van der Waals surface area contributed by atoms with E-state index in [0.717, 1.165) is 12.1 Å². The molecule has 1 aromatic carbocycles. The van der Waals surface area contributed by atoms with Crippen molar-refractivity contribution in [3.63, 3.8) is 0 Å². The molecule has 0 bridgehead atoms. The number of benzene rings is 1.